The molecule has 5 heteroatoms. The van der Waals surface area contributed by atoms with E-state index < -0.39 is 14.3 Å². The number of hydrogen-bond acceptors (Lipinski definition) is 3. The zero-order valence-electron chi connectivity index (χ0n) is 6.29. The van der Waals surface area contributed by atoms with E-state index in [4.69, 9.17) is 15.4 Å². The highest BCUT2D eigenvalue weighted by atomic mass is 35.7. The van der Waals surface area contributed by atoms with Crippen LogP contribution in [0.5, 0.6) is 0 Å². The lowest BCUT2D eigenvalue weighted by Gasteiger charge is -2.24. The summed E-state index contributed by atoms with van der Waals surface area (Å²) in [6, 6.07) is 0. The first-order valence-corrected chi connectivity index (χ1v) is 5.92. The molecule has 0 bridgehead atoms. The third-order valence-corrected chi connectivity index (χ3v) is 3.82. The van der Waals surface area contributed by atoms with Gasteiger partial charge in [0.15, 0.2) is 0 Å². The first kappa shape index (κ1) is 9.29. The second-order valence-corrected chi connectivity index (χ2v) is 5.71. The van der Waals surface area contributed by atoms with Gasteiger partial charge in [0.05, 0.1) is 11.4 Å². The Morgan fingerprint density at radius 1 is 1.55 bits per heavy atom. The molecule has 0 amide bonds. The molecule has 2 unspecified atom stereocenters. The molecule has 11 heavy (non-hydrogen) atoms. The average molecular weight is 199 g/mol. The van der Waals surface area contributed by atoms with Gasteiger partial charge in [-0.15, -0.1) is 0 Å². The molecule has 1 heterocycles. The first-order chi connectivity index (χ1) is 5.00. The fourth-order valence-corrected chi connectivity index (χ4v) is 2.58. The molecule has 0 aromatic carbocycles. The zero-order chi connectivity index (χ0) is 8.48. The molecule has 1 rings (SSSR count). The molecule has 0 N–H and O–H groups in total. The van der Waals surface area contributed by atoms with E-state index in [1.807, 2.05) is 6.92 Å². The maximum Gasteiger partial charge on any atom is 0.235 e. The van der Waals surface area contributed by atoms with Crippen molar-refractivity contribution in [3.05, 3.63) is 0 Å². The lowest BCUT2D eigenvalue weighted by molar-refractivity contribution is 0.0304. The Morgan fingerprint density at radius 3 is 2.55 bits per heavy atom. The lowest BCUT2D eigenvalue weighted by atomic mass is 10.1. The van der Waals surface area contributed by atoms with Crippen molar-refractivity contribution < 1.29 is 13.2 Å². The van der Waals surface area contributed by atoms with Gasteiger partial charge in [0, 0.05) is 17.3 Å². The second-order valence-electron chi connectivity index (χ2n) is 2.80. The summed E-state index contributed by atoms with van der Waals surface area (Å²) in [5.74, 6) is 0. The first-order valence-electron chi connectivity index (χ1n) is 3.55. The minimum absolute atomic E-state index is 0.0160. The summed E-state index contributed by atoms with van der Waals surface area (Å²) in [4.78, 5) is 0. The molecular weight excluding hydrogens is 188 g/mol. The van der Waals surface area contributed by atoms with Gasteiger partial charge in [-0.25, -0.2) is 8.42 Å². The topological polar surface area (TPSA) is 43.4 Å². The van der Waals surface area contributed by atoms with Crippen molar-refractivity contribution in [1.29, 1.82) is 0 Å². The van der Waals surface area contributed by atoms with E-state index in [-0.39, 0.29) is 6.10 Å². The fraction of sp³-hybridized carbons (Fsp3) is 1.00. The van der Waals surface area contributed by atoms with Gasteiger partial charge in [0.25, 0.3) is 0 Å². The van der Waals surface area contributed by atoms with Gasteiger partial charge >= 0.3 is 0 Å². The smallest absolute Gasteiger partial charge is 0.235 e. The van der Waals surface area contributed by atoms with Crippen LogP contribution in [0, 0.1) is 0 Å². The van der Waals surface area contributed by atoms with Crippen molar-refractivity contribution in [3.8, 4) is 0 Å². The van der Waals surface area contributed by atoms with E-state index in [9.17, 15) is 8.42 Å². The molecule has 0 aromatic heterocycles. The number of rotatable bonds is 1. The van der Waals surface area contributed by atoms with Crippen LogP contribution in [0.3, 0.4) is 0 Å². The molecule has 1 saturated heterocycles. The van der Waals surface area contributed by atoms with Crippen LogP contribution in [0.4, 0.5) is 0 Å². The van der Waals surface area contributed by atoms with Crippen molar-refractivity contribution in [2.75, 3.05) is 6.61 Å². The van der Waals surface area contributed by atoms with Crippen LogP contribution in [-0.4, -0.2) is 26.4 Å². The molecule has 0 spiro atoms. The van der Waals surface area contributed by atoms with Crippen LogP contribution in [0.15, 0.2) is 0 Å². The highest BCUT2D eigenvalue weighted by Crippen LogP contribution is 2.22. The highest BCUT2D eigenvalue weighted by molar-refractivity contribution is 8.14. The monoisotopic (exact) mass is 198 g/mol. The molecule has 1 aliphatic heterocycles. The molecule has 66 valence electrons. The summed E-state index contributed by atoms with van der Waals surface area (Å²) in [6.07, 6.45) is 1.06. The van der Waals surface area contributed by atoms with E-state index >= 15 is 0 Å². The van der Waals surface area contributed by atoms with Gasteiger partial charge < -0.3 is 4.74 Å². The molecule has 0 aromatic rings. The van der Waals surface area contributed by atoms with Gasteiger partial charge in [-0.1, -0.05) is 0 Å². The zero-order valence-corrected chi connectivity index (χ0v) is 7.86. The summed E-state index contributed by atoms with van der Waals surface area (Å²) >= 11 is 0. The third kappa shape index (κ3) is 2.61. The molecule has 2 atom stereocenters. The van der Waals surface area contributed by atoms with Crippen molar-refractivity contribution in [1.82, 2.24) is 0 Å². The number of hydrogen-bond donors (Lipinski definition) is 0. The van der Waals surface area contributed by atoms with Crippen LogP contribution in [0.2, 0.25) is 0 Å². The van der Waals surface area contributed by atoms with Crippen LogP contribution < -0.4 is 0 Å². The summed E-state index contributed by atoms with van der Waals surface area (Å²) in [5.41, 5.74) is 0. The van der Waals surface area contributed by atoms with E-state index in [0.29, 0.717) is 19.4 Å². The molecule has 3 nitrogen and oxygen atoms in total. The van der Waals surface area contributed by atoms with Gasteiger partial charge in [0.2, 0.25) is 9.05 Å². The number of ether oxygens (including phenoxy) is 1. The van der Waals surface area contributed by atoms with Gasteiger partial charge in [-0.2, -0.15) is 0 Å². The Kier molecular flexibility index (Phi) is 2.78. The number of halogens is 1. The third-order valence-electron chi connectivity index (χ3n) is 1.84. The fourth-order valence-electron chi connectivity index (χ4n) is 1.21. The van der Waals surface area contributed by atoms with Crippen LogP contribution in [0.1, 0.15) is 19.8 Å². The standard InChI is InChI=1S/C6H11ClO3S/c1-5-4-6(2-3-10-5)11(7,8)9/h5-6H,2-4H2,1H3. The van der Waals surface area contributed by atoms with Crippen molar-refractivity contribution in [2.45, 2.75) is 31.1 Å². The Balaban J connectivity index is 2.60. The van der Waals surface area contributed by atoms with E-state index in [1.54, 1.807) is 0 Å². The molecule has 1 fully saturated rings. The minimum Gasteiger partial charge on any atom is -0.378 e. The predicted octanol–water partition coefficient (Wildman–Crippen LogP) is 1.12. The largest absolute Gasteiger partial charge is 0.378 e. The normalized spacial score (nSPS) is 33.6. The van der Waals surface area contributed by atoms with E-state index in [2.05, 4.69) is 0 Å². The Labute approximate surface area is 71.1 Å². The van der Waals surface area contributed by atoms with Crippen molar-refractivity contribution in [2.24, 2.45) is 0 Å². The van der Waals surface area contributed by atoms with Gasteiger partial charge in [-0.3, -0.25) is 0 Å². The summed E-state index contributed by atoms with van der Waals surface area (Å²) in [7, 11) is 1.83. The Morgan fingerprint density at radius 2 is 2.18 bits per heavy atom. The predicted molar refractivity (Wildman–Crippen MR) is 43.2 cm³/mol. The maximum absolute atomic E-state index is 10.8. The maximum atomic E-state index is 10.8. The summed E-state index contributed by atoms with van der Waals surface area (Å²) in [5, 5.41) is -0.409. The minimum atomic E-state index is -3.37. The van der Waals surface area contributed by atoms with E-state index in [1.165, 1.54) is 0 Å². The van der Waals surface area contributed by atoms with Crippen molar-refractivity contribution >= 4 is 19.7 Å². The Hall–Kier alpha value is 0.200. The Bertz CT molecular complexity index is 224. The summed E-state index contributed by atoms with van der Waals surface area (Å²) < 4.78 is 26.9. The van der Waals surface area contributed by atoms with Crippen LogP contribution >= 0.6 is 10.7 Å². The van der Waals surface area contributed by atoms with Crippen LogP contribution in [0.25, 0.3) is 0 Å². The van der Waals surface area contributed by atoms with Crippen molar-refractivity contribution in [3.63, 3.8) is 0 Å². The second kappa shape index (κ2) is 3.29. The lowest BCUT2D eigenvalue weighted by Crippen LogP contribution is -2.30. The average Bonchev–Trinajstić information content (AvgIpc) is 1.86. The molecule has 0 radical (unpaired) electrons. The molecule has 1 aliphatic rings. The SMILES string of the molecule is CC1CC(S(=O)(=O)Cl)CCO1. The van der Waals surface area contributed by atoms with Gasteiger partial charge in [0.1, 0.15) is 0 Å². The van der Waals surface area contributed by atoms with Crippen LogP contribution in [-0.2, 0) is 13.8 Å². The molecule has 0 aliphatic carbocycles. The molecule has 0 saturated carbocycles. The van der Waals surface area contributed by atoms with E-state index in [0.717, 1.165) is 0 Å². The summed E-state index contributed by atoms with van der Waals surface area (Å²) in [6.45, 7) is 2.35. The van der Waals surface area contributed by atoms with Gasteiger partial charge in [-0.05, 0) is 19.8 Å². The highest BCUT2D eigenvalue weighted by Gasteiger charge is 2.28. The molecular formula is C6H11ClO3S. The quantitative estimate of drug-likeness (QED) is 0.594.